The lowest BCUT2D eigenvalue weighted by Gasteiger charge is -2.19. The molecule has 1 aliphatic heterocycles. The highest BCUT2D eigenvalue weighted by molar-refractivity contribution is 5.71. The van der Waals surface area contributed by atoms with Gasteiger partial charge in [-0.25, -0.2) is 8.78 Å². The lowest BCUT2D eigenvalue weighted by atomic mass is 10.1. The standard InChI is InChI=1S/C14H10F2N2O2/c15-10-2-1-9-3-4-17(14(9)7-10)12-5-11(16)6-13(8-12)18(19)20/h1-2,5-8H,3-4H2. The van der Waals surface area contributed by atoms with Gasteiger partial charge in [0.05, 0.1) is 16.7 Å². The van der Waals surface area contributed by atoms with Gasteiger partial charge in [0.1, 0.15) is 11.6 Å². The van der Waals surface area contributed by atoms with Gasteiger partial charge in [-0.15, -0.1) is 0 Å². The van der Waals surface area contributed by atoms with Gasteiger partial charge in [0.2, 0.25) is 0 Å². The summed E-state index contributed by atoms with van der Waals surface area (Å²) in [6, 6.07) is 7.79. The molecule has 6 heteroatoms. The van der Waals surface area contributed by atoms with Crippen LogP contribution in [-0.2, 0) is 6.42 Å². The number of non-ortho nitro benzene ring substituents is 1. The minimum atomic E-state index is -0.681. The van der Waals surface area contributed by atoms with Gasteiger partial charge < -0.3 is 4.90 Å². The number of hydrogen-bond donors (Lipinski definition) is 0. The van der Waals surface area contributed by atoms with Crippen molar-refractivity contribution in [2.75, 3.05) is 11.4 Å². The topological polar surface area (TPSA) is 46.4 Å². The van der Waals surface area contributed by atoms with E-state index >= 15 is 0 Å². The van der Waals surface area contributed by atoms with Crippen molar-refractivity contribution in [3.8, 4) is 0 Å². The molecule has 102 valence electrons. The second kappa shape index (κ2) is 4.56. The van der Waals surface area contributed by atoms with Crippen LogP contribution >= 0.6 is 0 Å². The van der Waals surface area contributed by atoms with Crippen LogP contribution in [0.3, 0.4) is 0 Å². The predicted octanol–water partition coefficient (Wildman–Crippen LogP) is 3.57. The molecule has 2 aromatic carbocycles. The second-order valence-corrected chi connectivity index (χ2v) is 4.60. The zero-order valence-electron chi connectivity index (χ0n) is 10.3. The quantitative estimate of drug-likeness (QED) is 0.622. The van der Waals surface area contributed by atoms with E-state index in [2.05, 4.69) is 0 Å². The van der Waals surface area contributed by atoms with Gasteiger partial charge >= 0.3 is 0 Å². The third kappa shape index (κ3) is 2.09. The second-order valence-electron chi connectivity index (χ2n) is 4.60. The molecule has 2 aromatic rings. The average Bonchev–Trinajstić information content (AvgIpc) is 2.80. The normalized spacial score (nSPS) is 13.4. The van der Waals surface area contributed by atoms with Crippen molar-refractivity contribution in [3.63, 3.8) is 0 Å². The Hall–Kier alpha value is -2.50. The number of benzene rings is 2. The van der Waals surface area contributed by atoms with E-state index in [1.54, 1.807) is 11.0 Å². The Morgan fingerprint density at radius 1 is 1.10 bits per heavy atom. The first kappa shape index (κ1) is 12.5. The largest absolute Gasteiger partial charge is 0.341 e. The molecule has 0 aromatic heterocycles. The molecule has 1 aliphatic rings. The van der Waals surface area contributed by atoms with E-state index in [9.17, 15) is 18.9 Å². The zero-order valence-corrected chi connectivity index (χ0v) is 10.3. The molecule has 4 nitrogen and oxygen atoms in total. The van der Waals surface area contributed by atoms with Crippen molar-refractivity contribution in [3.05, 3.63) is 63.7 Å². The highest BCUT2D eigenvalue weighted by atomic mass is 19.1. The van der Waals surface area contributed by atoms with Crippen molar-refractivity contribution >= 4 is 17.1 Å². The molecule has 1 heterocycles. The lowest BCUT2D eigenvalue weighted by Crippen LogP contribution is -2.13. The fourth-order valence-electron chi connectivity index (χ4n) is 2.44. The Morgan fingerprint density at radius 3 is 2.65 bits per heavy atom. The summed E-state index contributed by atoms with van der Waals surface area (Å²) in [5.41, 5.74) is 1.62. The molecule has 0 fully saturated rings. The minimum Gasteiger partial charge on any atom is -0.341 e. The molecular formula is C14H10F2N2O2. The Kier molecular flexibility index (Phi) is 2.85. The fraction of sp³-hybridized carbons (Fsp3) is 0.143. The maximum Gasteiger partial charge on any atom is 0.274 e. The Balaban J connectivity index is 2.08. The summed E-state index contributed by atoms with van der Waals surface area (Å²) in [6.07, 6.45) is 0.694. The number of fused-ring (bicyclic) bond motifs is 1. The Bertz CT molecular complexity index is 704. The van der Waals surface area contributed by atoms with E-state index < -0.39 is 10.7 Å². The third-order valence-corrected chi connectivity index (χ3v) is 3.33. The highest BCUT2D eigenvalue weighted by Crippen LogP contribution is 2.36. The van der Waals surface area contributed by atoms with E-state index in [1.807, 2.05) is 0 Å². The lowest BCUT2D eigenvalue weighted by molar-refractivity contribution is -0.385. The number of rotatable bonds is 2. The van der Waals surface area contributed by atoms with E-state index in [-0.39, 0.29) is 11.5 Å². The molecule has 0 spiro atoms. The first-order chi connectivity index (χ1) is 9.54. The van der Waals surface area contributed by atoms with E-state index in [0.717, 1.165) is 11.6 Å². The van der Waals surface area contributed by atoms with Crippen LogP contribution in [0.15, 0.2) is 36.4 Å². The van der Waals surface area contributed by atoms with E-state index in [4.69, 9.17) is 0 Å². The van der Waals surface area contributed by atoms with Gasteiger partial charge in [-0.3, -0.25) is 10.1 Å². The van der Waals surface area contributed by atoms with Crippen LogP contribution in [0.5, 0.6) is 0 Å². The van der Waals surface area contributed by atoms with Gasteiger partial charge in [0.25, 0.3) is 5.69 Å². The molecule has 0 amide bonds. The maximum absolute atomic E-state index is 13.5. The molecule has 0 aliphatic carbocycles. The van der Waals surface area contributed by atoms with Gasteiger partial charge in [0, 0.05) is 18.3 Å². The summed E-state index contributed by atoms with van der Waals surface area (Å²) in [5, 5.41) is 10.8. The smallest absolute Gasteiger partial charge is 0.274 e. The maximum atomic E-state index is 13.5. The first-order valence-electron chi connectivity index (χ1n) is 6.05. The zero-order chi connectivity index (χ0) is 14.3. The fourth-order valence-corrected chi connectivity index (χ4v) is 2.44. The molecule has 0 saturated heterocycles. The summed E-state index contributed by atoms with van der Waals surface area (Å²) in [5.74, 6) is -1.07. The number of nitro groups is 1. The van der Waals surface area contributed by atoms with E-state index in [0.29, 0.717) is 24.3 Å². The van der Waals surface area contributed by atoms with Crippen molar-refractivity contribution in [1.82, 2.24) is 0 Å². The molecule has 0 saturated carbocycles. The summed E-state index contributed by atoms with van der Waals surface area (Å²) < 4.78 is 26.8. The minimum absolute atomic E-state index is 0.315. The van der Waals surface area contributed by atoms with Gasteiger partial charge in [-0.05, 0) is 30.2 Å². The van der Waals surface area contributed by atoms with Crippen LogP contribution in [0.25, 0.3) is 0 Å². The van der Waals surface area contributed by atoms with E-state index in [1.165, 1.54) is 24.3 Å². The van der Waals surface area contributed by atoms with Crippen LogP contribution < -0.4 is 4.90 Å². The molecule has 0 bridgehead atoms. The molecule has 0 unspecified atom stereocenters. The summed E-state index contributed by atoms with van der Waals surface area (Å²) in [7, 11) is 0. The van der Waals surface area contributed by atoms with Gasteiger partial charge in [-0.2, -0.15) is 0 Å². The van der Waals surface area contributed by atoms with Crippen LogP contribution in [-0.4, -0.2) is 11.5 Å². The van der Waals surface area contributed by atoms with Gasteiger partial charge in [-0.1, -0.05) is 6.07 Å². The average molecular weight is 276 g/mol. The molecule has 20 heavy (non-hydrogen) atoms. The van der Waals surface area contributed by atoms with Crippen molar-refractivity contribution in [2.45, 2.75) is 6.42 Å². The van der Waals surface area contributed by atoms with Crippen molar-refractivity contribution in [2.24, 2.45) is 0 Å². The summed E-state index contributed by atoms with van der Waals surface area (Å²) >= 11 is 0. The first-order valence-corrected chi connectivity index (χ1v) is 6.05. The molecular weight excluding hydrogens is 266 g/mol. The Labute approximate surface area is 113 Å². The molecule has 3 rings (SSSR count). The summed E-state index contributed by atoms with van der Waals surface area (Å²) in [6.45, 7) is 0.541. The number of hydrogen-bond acceptors (Lipinski definition) is 3. The predicted molar refractivity (Wildman–Crippen MR) is 70.2 cm³/mol. The van der Waals surface area contributed by atoms with Crippen LogP contribution in [0.4, 0.5) is 25.8 Å². The SMILES string of the molecule is O=[N+]([O-])c1cc(F)cc(N2CCc3ccc(F)cc32)c1. The van der Waals surface area contributed by atoms with Crippen LogP contribution in [0.1, 0.15) is 5.56 Å². The number of nitrogens with zero attached hydrogens (tertiary/aromatic N) is 2. The number of halogens is 2. The molecule has 0 N–H and O–H groups in total. The number of anilines is 2. The van der Waals surface area contributed by atoms with Crippen LogP contribution in [0, 0.1) is 21.7 Å². The van der Waals surface area contributed by atoms with Crippen molar-refractivity contribution < 1.29 is 13.7 Å². The number of nitro benzene ring substituents is 1. The molecule has 0 atom stereocenters. The van der Waals surface area contributed by atoms with Crippen molar-refractivity contribution in [1.29, 1.82) is 0 Å². The third-order valence-electron chi connectivity index (χ3n) is 3.33. The molecule has 0 radical (unpaired) electrons. The highest BCUT2D eigenvalue weighted by Gasteiger charge is 2.23. The monoisotopic (exact) mass is 276 g/mol. The van der Waals surface area contributed by atoms with Gasteiger partial charge in [0.15, 0.2) is 0 Å². The Morgan fingerprint density at radius 2 is 1.90 bits per heavy atom. The van der Waals surface area contributed by atoms with Crippen LogP contribution in [0.2, 0.25) is 0 Å². The summed E-state index contributed by atoms with van der Waals surface area (Å²) in [4.78, 5) is 11.8.